The summed E-state index contributed by atoms with van der Waals surface area (Å²) in [6.45, 7) is 3.19. The maximum absolute atomic E-state index is 10.0. The van der Waals surface area contributed by atoms with Crippen LogP contribution in [0.25, 0.3) is 0 Å². The van der Waals surface area contributed by atoms with Crippen LogP contribution in [0.1, 0.15) is 37.3 Å². The van der Waals surface area contributed by atoms with Crippen LogP contribution >= 0.6 is 0 Å². The lowest BCUT2D eigenvalue weighted by molar-refractivity contribution is -0.128. The van der Waals surface area contributed by atoms with Gasteiger partial charge in [0.25, 0.3) is 6.47 Å². The second-order valence-corrected chi connectivity index (χ2v) is 3.99. The van der Waals surface area contributed by atoms with Gasteiger partial charge in [-0.2, -0.15) is 0 Å². The minimum absolute atomic E-state index is 0.474. The lowest BCUT2D eigenvalue weighted by atomic mass is 10.0. The molecule has 0 heterocycles. The molecular formula is C14H20O2. The number of carbonyl (C=O) groups is 1. The standard InChI is InChI=1S/C14H20O2/c1-2-3-4-6-13-7-5-8-14(11-13)9-10-16-12-15/h5,7-8,11-12H,2-4,6,9-10H2,1H3. The highest BCUT2D eigenvalue weighted by Gasteiger charge is 1.97. The van der Waals surface area contributed by atoms with Gasteiger partial charge in [-0.1, -0.05) is 44.0 Å². The van der Waals surface area contributed by atoms with Crippen molar-refractivity contribution >= 4 is 6.47 Å². The van der Waals surface area contributed by atoms with E-state index in [4.69, 9.17) is 4.74 Å². The molecule has 0 atom stereocenters. The van der Waals surface area contributed by atoms with E-state index in [1.807, 2.05) is 0 Å². The Morgan fingerprint density at radius 3 is 2.62 bits per heavy atom. The van der Waals surface area contributed by atoms with Gasteiger partial charge in [-0.05, 0) is 24.0 Å². The minimum Gasteiger partial charge on any atom is -0.468 e. The molecule has 0 bridgehead atoms. The number of aryl methyl sites for hydroxylation is 1. The van der Waals surface area contributed by atoms with Crippen molar-refractivity contribution in [1.29, 1.82) is 0 Å². The first-order chi connectivity index (χ1) is 7.86. The van der Waals surface area contributed by atoms with Crippen molar-refractivity contribution in [3.05, 3.63) is 35.4 Å². The van der Waals surface area contributed by atoms with E-state index in [1.54, 1.807) is 0 Å². The fraction of sp³-hybridized carbons (Fsp3) is 0.500. The zero-order valence-corrected chi connectivity index (χ0v) is 9.95. The zero-order chi connectivity index (χ0) is 11.6. The number of ether oxygens (including phenoxy) is 1. The highest BCUT2D eigenvalue weighted by Crippen LogP contribution is 2.10. The van der Waals surface area contributed by atoms with Crippen LogP contribution in [-0.2, 0) is 22.4 Å². The zero-order valence-electron chi connectivity index (χ0n) is 9.95. The molecule has 0 aromatic heterocycles. The molecule has 2 heteroatoms. The van der Waals surface area contributed by atoms with Crippen LogP contribution in [0.15, 0.2) is 24.3 Å². The number of carbonyl (C=O) groups excluding carboxylic acids is 1. The maximum atomic E-state index is 10.0. The van der Waals surface area contributed by atoms with Gasteiger partial charge in [-0.15, -0.1) is 0 Å². The lowest BCUT2D eigenvalue weighted by Gasteiger charge is -2.04. The molecule has 0 amide bonds. The van der Waals surface area contributed by atoms with Gasteiger partial charge in [0.05, 0.1) is 6.61 Å². The Balaban J connectivity index is 2.40. The van der Waals surface area contributed by atoms with Crippen molar-refractivity contribution in [3.8, 4) is 0 Å². The largest absolute Gasteiger partial charge is 0.468 e. The Labute approximate surface area is 97.6 Å². The van der Waals surface area contributed by atoms with Gasteiger partial charge in [0, 0.05) is 6.42 Å². The summed E-state index contributed by atoms with van der Waals surface area (Å²) in [6, 6.07) is 8.54. The molecule has 2 nitrogen and oxygen atoms in total. The van der Waals surface area contributed by atoms with E-state index in [1.165, 1.54) is 30.4 Å². The topological polar surface area (TPSA) is 26.3 Å². The summed E-state index contributed by atoms with van der Waals surface area (Å²) >= 11 is 0. The first-order valence-corrected chi connectivity index (χ1v) is 6.00. The van der Waals surface area contributed by atoms with E-state index in [-0.39, 0.29) is 0 Å². The molecule has 0 fully saturated rings. The number of hydrogen-bond donors (Lipinski definition) is 0. The van der Waals surface area contributed by atoms with Gasteiger partial charge in [0.1, 0.15) is 0 Å². The monoisotopic (exact) mass is 220 g/mol. The van der Waals surface area contributed by atoms with E-state index in [0.717, 1.165) is 12.8 Å². The van der Waals surface area contributed by atoms with Crippen LogP contribution in [0.3, 0.4) is 0 Å². The van der Waals surface area contributed by atoms with E-state index in [2.05, 4.69) is 31.2 Å². The van der Waals surface area contributed by atoms with E-state index < -0.39 is 0 Å². The highest BCUT2D eigenvalue weighted by molar-refractivity contribution is 5.37. The van der Waals surface area contributed by atoms with Crippen molar-refractivity contribution in [2.24, 2.45) is 0 Å². The Morgan fingerprint density at radius 2 is 1.94 bits per heavy atom. The predicted molar refractivity (Wildman–Crippen MR) is 65.4 cm³/mol. The molecule has 0 radical (unpaired) electrons. The molecule has 0 saturated heterocycles. The molecule has 88 valence electrons. The third-order valence-electron chi connectivity index (χ3n) is 2.64. The minimum atomic E-state index is 0.474. The maximum Gasteiger partial charge on any atom is 0.293 e. The van der Waals surface area contributed by atoms with E-state index in [9.17, 15) is 4.79 Å². The van der Waals surface area contributed by atoms with Crippen LogP contribution in [0.2, 0.25) is 0 Å². The van der Waals surface area contributed by atoms with Crippen LogP contribution in [0.4, 0.5) is 0 Å². The van der Waals surface area contributed by atoms with Gasteiger partial charge in [0.2, 0.25) is 0 Å². The summed E-state index contributed by atoms with van der Waals surface area (Å²) < 4.78 is 4.70. The van der Waals surface area contributed by atoms with Crippen molar-refractivity contribution in [2.75, 3.05) is 6.61 Å². The van der Waals surface area contributed by atoms with Gasteiger partial charge in [0.15, 0.2) is 0 Å². The molecule has 1 aromatic carbocycles. The number of hydrogen-bond acceptors (Lipinski definition) is 2. The summed E-state index contributed by atoms with van der Waals surface area (Å²) in [6.07, 6.45) is 5.76. The molecule has 0 aliphatic carbocycles. The first kappa shape index (κ1) is 12.8. The molecule has 16 heavy (non-hydrogen) atoms. The van der Waals surface area contributed by atoms with Gasteiger partial charge in [-0.25, -0.2) is 0 Å². The fourth-order valence-electron chi connectivity index (χ4n) is 1.74. The molecular weight excluding hydrogens is 200 g/mol. The average Bonchev–Trinajstić information content (AvgIpc) is 2.30. The Morgan fingerprint density at radius 1 is 1.19 bits per heavy atom. The smallest absolute Gasteiger partial charge is 0.293 e. The predicted octanol–water partition coefficient (Wildman–Crippen LogP) is 3.13. The first-order valence-electron chi connectivity index (χ1n) is 6.00. The summed E-state index contributed by atoms with van der Waals surface area (Å²) in [5, 5.41) is 0. The van der Waals surface area contributed by atoms with Crippen molar-refractivity contribution in [1.82, 2.24) is 0 Å². The Kier molecular flexibility index (Phi) is 6.31. The molecule has 0 spiro atoms. The van der Waals surface area contributed by atoms with Gasteiger partial charge >= 0.3 is 0 Å². The molecule has 1 aromatic rings. The van der Waals surface area contributed by atoms with Crippen LogP contribution in [0, 0.1) is 0 Å². The van der Waals surface area contributed by atoms with E-state index >= 15 is 0 Å². The quantitative estimate of drug-likeness (QED) is 0.497. The number of unbranched alkanes of at least 4 members (excludes halogenated alkanes) is 2. The van der Waals surface area contributed by atoms with Crippen LogP contribution in [-0.4, -0.2) is 13.1 Å². The second-order valence-electron chi connectivity index (χ2n) is 3.99. The molecule has 0 unspecified atom stereocenters. The average molecular weight is 220 g/mol. The number of benzene rings is 1. The lowest BCUT2D eigenvalue weighted by Crippen LogP contribution is -1.97. The third-order valence-corrected chi connectivity index (χ3v) is 2.64. The highest BCUT2D eigenvalue weighted by atomic mass is 16.5. The summed E-state index contributed by atoms with van der Waals surface area (Å²) in [7, 11) is 0. The van der Waals surface area contributed by atoms with Gasteiger partial charge < -0.3 is 4.74 Å². The third kappa shape index (κ3) is 4.96. The Hall–Kier alpha value is -1.31. The number of rotatable bonds is 8. The van der Waals surface area contributed by atoms with Crippen LogP contribution in [0.5, 0.6) is 0 Å². The molecule has 0 aliphatic heterocycles. The molecule has 0 saturated carbocycles. The van der Waals surface area contributed by atoms with Crippen LogP contribution < -0.4 is 0 Å². The second kappa shape index (κ2) is 7.91. The molecule has 1 rings (SSSR count). The van der Waals surface area contributed by atoms with E-state index in [0.29, 0.717) is 13.1 Å². The van der Waals surface area contributed by atoms with Crippen molar-refractivity contribution in [3.63, 3.8) is 0 Å². The van der Waals surface area contributed by atoms with Gasteiger partial charge in [-0.3, -0.25) is 4.79 Å². The summed E-state index contributed by atoms with van der Waals surface area (Å²) in [4.78, 5) is 10.0. The Bertz CT molecular complexity index is 307. The normalized spacial score (nSPS) is 10.1. The molecule has 0 N–H and O–H groups in total. The van der Waals surface area contributed by atoms with Crippen molar-refractivity contribution < 1.29 is 9.53 Å². The molecule has 0 aliphatic rings. The van der Waals surface area contributed by atoms with Crippen molar-refractivity contribution in [2.45, 2.75) is 39.0 Å². The SMILES string of the molecule is CCCCCc1cccc(CCOC=O)c1. The fourth-order valence-corrected chi connectivity index (χ4v) is 1.74. The summed E-state index contributed by atoms with van der Waals surface area (Å²) in [5.41, 5.74) is 2.63. The summed E-state index contributed by atoms with van der Waals surface area (Å²) in [5.74, 6) is 0.